The van der Waals surface area contributed by atoms with Gasteiger partial charge in [-0.2, -0.15) is 5.10 Å². The molecule has 96 valence electrons. The number of hydrogen-bond donors (Lipinski definition) is 1. The van der Waals surface area contributed by atoms with E-state index in [1.807, 2.05) is 35.0 Å². The predicted octanol–water partition coefficient (Wildman–Crippen LogP) is 0.718. The van der Waals surface area contributed by atoms with Crippen LogP contribution in [0.4, 0.5) is 0 Å². The maximum Gasteiger partial charge on any atom is 0.257 e. The summed E-state index contributed by atoms with van der Waals surface area (Å²) in [6.07, 6.45) is 0.955. The molecule has 0 aliphatic carbocycles. The van der Waals surface area contributed by atoms with Crippen molar-refractivity contribution in [3.8, 4) is 0 Å². The second kappa shape index (κ2) is 5.82. The number of aromatic nitrogens is 2. The van der Waals surface area contributed by atoms with Gasteiger partial charge < -0.3 is 10.2 Å². The standard InChI is InChI=1S/C12H22N4O/c1-9-11(10(2)16(5)14-9)12(17)15(4)8-6-7-13-3/h13H,6-8H2,1-5H3. The van der Waals surface area contributed by atoms with Crippen molar-refractivity contribution in [3.63, 3.8) is 0 Å². The van der Waals surface area contributed by atoms with Crippen molar-refractivity contribution >= 4 is 5.91 Å². The molecule has 0 fully saturated rings. The van der Waals surface area contributed by atoms with Gasteiger partial charge in [-0.05, 0) is 33.9 Å². The minimum Gasteiger partial charge on any atom is -0.342 e. The van der Waals surface area contributed by atoms with Crippen molar-refractivity contribution < 1.29 is 4.79 Å². The summed E-state index contributed by atoms with van der Waals surface area (Å²) < 4.78 is 1.75. The fourth-order valence-corrected chi connectivity index (χ4v) is 1.87. The Morgan fingerprint density at radius 1 is 1.47 bits per heavy atom. The second-order valence-electron chi connectivity index (χ2n) is 4.35. The Morgan fingerprint density at radius 3 is 2.59 bits per heavy atom. The molecule has 1 amide bonds. The maximum absolute atomic E-state index is 12.2. The third-order valence-electron chi connectivity index (χ3n) is 2.99. The molecule has 1 heterocycles. The van der Waals surface area contributed by atoms with Gasteiger partial charge in [-0.3, -0.25) is 9.48 Å². The van der Waals surface area contributed by atoms with Crippen LogP contribution in [-0.4, -0.2) is 47.8 Å². The van der Waals surface area contributed by atoms with Crippen LogP contribution in [-0.2, 0) is 7.05 Å². The molecule has 0 saturated heterocycles. The molecule has 0 aliphatic rings. The minimum atomic E-state index is 0.0594. The van der Waals surface area contributed by atoms with Gasteiger partial charge in [0.2, 0.25) is 0 Å². The SMILES string of the molecule is CNCCCN(C)C(=O)c1c(C)nn(C)c1C. The normalized spacial score (nSPS) is 10.6. The van der Waals surface area contributed by atoms with Crippen LogP contribution >= 0.6 is 0 Å². The minimum absolute atomic E-state index is 0.0594. The Hall–Kier alpha value is -1.36. The molecule has 0 spiro atoms. The summed E-state index contributed by atoms with van der Waals surface area (Å²) in [6, 6.07) is 0. The molecule has 1 N–H and O–H groups in total. The lowest BCUT2D eigenvalue weighted by Gasteiger charge is -2.17. The van der Waals surface area contributed by atoms with Gasteiger partial charge in [-0.15, -0.1) is 0 Å². The van der Waals surface area contributed by atoms with E-state index >= 15 is 0 Å². The molecule has 0 atom stereocenters. The Labute approximate surface area is 103 Å². The number of rotatable bonds is 5. The number of carbonyl (C=O) groups excluding carboxylic acids is 1. The first-order valence-electron chi connectivity index (χ1n) is 5.89. The smallest absolute Gasteiger partial charge is 0.257 e. The lowest BCUT2D eigenvalue weighted by molar-refractivity contribution is 0.0792. The molecular weight excluding hydrogens is 216 g/mol. The number of nitrogens with one attached hydrogen (secondary N) is 1. The van der Waals surface area contributed by atoms with E-state index in [0.29, 0.717) is 0 Å². The Balaban J connectivity index is 2.75. The first kappa shape index (κ1) is 13.7. The largest absolute Gasteiger partial charge is 0.342 e. The average Bonchev–Trinajstić information content (AvgIpc) is 2.52. The molecule has 5 heteroatoms. The highest BCUT2D eigenvalue weighted by Gasteiger charge is 2.20. The zero-order valence-electron chi connectivity index (χ0n) is 11.4. The molecule has 0 radical (unpaired) electrons. The highest BCUT2D eigenvalue weighted by Crippen LogP contribution is 2.14. The van der Waals surface area contributed by atoms with Crippen molar-refractivity contribution in [2.75, 3.05) is 27.2 Å². The molecule has 0 unspecified atom stereocenters. The van der Waals surface area contributed by atoms with Crippen molar-refractivity contribution in [3.05, 3.63) is 17.0 Å². The van der Waals surface area contributed by atoms with E-state index in [2.05, 4.69) is 10.4 Å². The molecule has 0 aliphatic heterocycles. The van der Waals surface area contributed by atoms with Crippen LogP contribution < -0.4 is 5.32 Å². The van der Waals surface area contributed by atoms with Crippen LogP contribution in [0.3, 0.4) is 0 Å². The van der Waals surface area contributed by atoms with E-state index < -0.39 is 0 Å². The van der Waals surface area contributed by atoms with Gasteiger partial charge in [0.05, 0.1) is 11.3 Å². The Morgan fingerprint density at radius 2 is 2.12 bits per heavy atom. The molecule has 1 aromatic heterocycles. The van der Waals surface area contributed by atoms with Crippen LogP contribution in [0.1, 0.15) is 28.2 Å². The van der Waals surface area contributed by atoms with Crippen LogP contribution in [0, 0.1) is 13.8 Å². The van der Waals surface area contributed by atoms with E-state index in [-0.39, 0.29) is 5.91 Å². The van der Waals surface area contributed by atoms with E-state index in [1.54, 1.807) is 9.58 Å². The first-order valence-corrected chi connectivity index (χ1v) is 5.89. The third-order valence-corrected chi connectivity index (χ3v) is 2.99. The van der Waals surface area contributed by atoms with E-state index in [4.69, 9.17) is 0 Å². The van der Waals surface area contributed by atoms with Crippen LogP contribution in [0.2, 0.25) is 0 Å². The summed E-state index contributed by atoms with van der Waals surface area (Å²) in [5.41, 5.74) is 2.46. The van der Waals surface area contributed by atoms with Gasteiger partial charge in [0, 0.05) is 26.3 Å². The molecule has 0 saturated carbocycles. The molecular formula is C12H22N4O. The zero-order chi connectivity index (χ0) is 13.0. The summed E-state index contributed by atoms with van der Waals surface area (Å²) in [4.78, 5) is 14.0. The molecule has 0 aromatic carbocycles. The fraction of sp³-hybridized carbons (Fsp3) is 0.667. The van der Waals surface area contributed by atoms with Gasteiger partial charge in [-0.25, -0.2) is 0 Å². The highest BCUT2D eigenvalue weighted by atomic mass is 16.2. The van der Waals surface area contributed by atoms with Crippen molar-refractivity contribution in [1.29, 1.82) is 0 Å². The summed E-state index contributed by atoms with van der Waals surface area (Å²) in [5.74, 6) is 0.0594. The topological polar surface area (TPSA) is 50.2 Å². The molecule has 0 bridgehead atoms. The highest BCUT2D eigenvalue weighted by molar-refractivity contribution is 5.96. The molecule has 5 nitrogen and oxygen atoms in total. The number of aryl methyl sites for hydroxylation is 2. The van der Waals surface area contributed by atoms with Gasteiger partial charge in [-0.1, -0.05) is 0 Å². The summed E-state index contributed by atoms with van der Waals surface area (Å²) in [6.45, 7) is 5.48. The lowest BCUT2D eigenvalue weighted by atomic mass is 10.1. The van der Waals surface area contributed by atoms with E-state index in [0.717, 1.165) is 36.5 Å². The lowest BCUT2D eigenvalue weighted by Crippen LogP contribution is -2.30. The number of hydrogen-bond acceptors (Lipinski definition) is 3. The Bertz CT molecular complexity index is 397. The third kappa shape index (κ3) is 3.06. The predicted molar refractivity (Wildman–Crippen MR) is 68.2 cm³/mol. The number of nitrogens with zero attached hydrogens (tertiary/aromatic N) is 3. The maximum atomic E-state index is 12.2. The molecule has 1 aromatic rings. The van der Waals surface area contributed by atoms with Crippen molar-refractivity contribution in [2.24, 2.45) is 7.05 Å². The molecule has 1 rings (SSSR count). The monoisotopic (exact) mass is 238 g/mol. The van der Waals surface area contributed by atoms with E-state index in [1.165, 1.54) is 0 Å². The second-order valence-corrected chi connectivity index (χ2v) is 4.35. The summed E-state index contributed by atoms with van der Waals surface area (Å²) in [7, 11) is 5.61. The van der Waals surface area contributed by atoms with Crippen molar-refractivity contribution in [1.82, 2.24) is 20.0 Å². The van der Waals surface area contributed by atoms with Crippen LogP contribution in [0.25, 0.3) is 0 Å². The van der Waals surface area contributed by atoms with Gasteiger partial charge in [0.25, 0.3) is 5.91 Å². The quantitative estimate of drug-likeness (QED) is 0.769. The van der Waals surface area contributed by atoms with Gasteiger partial charge >= 0.3 is 0 Å². The first-order chi connectivity index (χ1) is 7.99. The Kier molecular flexibility index (Phi) is 4.69. The molecule has 17 heavy (non-hydrogen) atoms. The average molecular weight is 238 g/mol. The number of amides is 1. The van der Waals surface area contributed by atoms with Crippen LogP contribution in [0.5, 0.6) is 0 Å². The number of carbonyl (C=O) groups is 1. The van der Waals surface area contributed by atoms with Crippen LogP contribution in [0.15, 0.2) is 0 Å². The van der Waals surface area contributed by atoms with Gasteiger partial charge in [0.1, 0.15) is 0 Å². The fourth-order valence-electron chi connectivity index (χ4n) is 1.87. The summed E-state index contributed by atoms with van der Waals surface area (Å²) >= 11 is 0. The summed E-state index contributed by atoms with van der Waals surface area (Å²) in [5, 5.41) is 7.34. The zero-order valence-corrected chi connectivity index (χ0v) is 11.4. The van der Waals surface area contributed by atoms with E-state index in [9.17, 15) is 4.79 Å². The van der Waals surface area contributed by atoms with Gasteiger partial charge in [0.15, 0.2) is 0 Å². The van der Waals surface area contributed by atoms with Crippen molar-refractivity contribution in [2.45, 2.75) is 20.3 Å².